The molecule has 0 spiro atoms. The molecule has 2 N–H and O–H groups in total. The van der Waals surface area contributed by atoms with Crippen LogP contribution in [0.3, 0.4) is 0 Å². The second-order valence-electron chi connectivity index (χ2n) is 4.55. The van der Waals surface area contributed by atoms with Gasteiger partial charge in [-0.3, -0.25) is 4.79 Å². The molecule has 0 bridgehead atoms. The highest BCUT2D eigenvalue weighted by atomic mass is 32.1. The van der Waals surface area contributed by atoms with E-state index in [-0.39, 0.29) is 11.5 Å². The smallest absolute Gasteiger partial charge is 0.252 e. The van der Waals surface area contributed by atoms with E-state index in [9.17, 15) is 4.79 Å². The maximum Gasteiger partial charge on any atom is 0.252 e. The molecule has 0 aliphatic rings. The summed E-state index contributed by atoms with van der Waals surface area (Å²) in [6.45, 7) is 6.80. The van der Waals surface area contributed by atoms with Gasteiger partial charge in [0.05, 0.1) is 6.54 Å². The maximum atomic E-state index is 11.5. The van der Waals surface area contributed by atoms with Crippen LogP contribution in [0.4, 0.5) is 5.82 Å². The Kier molecular flexibility index (Phi) is 3.81. The summed E-state index contributed by atoms with van der Waals surface area (Å²) in [5.41, 5.74) is 1.15. The fraction of sp³-hybridized carbons (Fsp3) is 0.385. The van der Waals surface area contributed by atoms with Gasteiger partial charge in [0.25, 0.3) is 5.56 Å². The van der Waals surface area contributed by atoms with Crippen molar-refractivity contribution in [2.75, 3.05) is 5.32 Å². The number of aromatic amines is 1. The fourth-order valence-electron chi connectivity index (χ4n) is 1.60. The summed E-state index contributed by atoms with van der Waals surface area (Å²) < 4.78 is 0. The summed E-state index contributed by atoms with van der Waals surface area (Å²) in [5, 5.41) is 5.27. The summed E-state index contributed by atoms with van der Waals surface area (Å²) in [7, 11) is 0. The van der Waals surface area contributed by atoms with Crippen LogP contribution in [-0.2, 0) is 6.54 Å². The molecule has 0 fully saturated rings. The average Bonchev–Trinajstić information content (AvgIpc) is 2.71. The predicted molar refractivity (Wildman–Crippen MR) is 75.3 cm³/mol. The molecule has 0 saturated heterocycles. The van der Waals surface area contributed by atoms with Crippen LogP contribution in [-0.4, -0.2) is 9.97 Å². The van der Waals surface area contributed by atoms with Gasteiger partial charge in [0.2, 0.25) is 0 Å². The zero-order chi connectivity index (χ0) is 13.1. The van der Waals surface area contributed by atoms with Gasteiger partial charge in [0.1, 0.15) is 11.6 Å². The lowest BCUT2D eigenvalue weighted by atomic mass is 10.2. The quantitative estimate of drug-likeness (QED) is 0.891. The van der Waals surface area contributed by atoms with Crippen LogP contribution >= 0.6 is 11.3 Å². The molecule has 0 aliphatic heterocycles. The van der Waals surface area contributed by atoms with Crippen LogP contribution in [0.25, 0.3) is 0 Å². The molecule has 2 aromatic rings. The molecule has 96 valence electrons. The van der Waals surface area contributed by atoms with E-state index in [1.165, 1.54) is 16.5 Å². The van der Waals surface area contributed by atoms with Crippen molar-refractivity contribution >= 4 is 17.2 Å². The van der Waals surface area contributed by atoms with Crippen molar-refractivity contribution < 1.29 is 0 Å². The van der Waals surface area contributed by atoms with Crippen LogP contribution in [0.15, 0.2) is 22.3 Å². The number of nitrogens with zero attached hydrogens (tertiary/aromatic N) is 1. The lowest BCUT2D eigenvalue weighted by Crippen LogP contribution is -2.14. The van der Waals surface area contributed by atoms with Crippen molar-refractivity contribution in [3.63, 3.8) is 0 Å². The molecule has 4 nitrogen and oxygen atoms in total. The van der Waals surface area contributed by atoms with Crippen LogP contribution in [0.1, 0.15) is 36.0 Å². The Hall–Kier alpha value is -1.62. The van der Waals surface area contributed by atoms with Gasteiger partial charge in [-0.1, -0.05) is 13.8 Å². The highest BCUT2D eigenvalue weighted by Crippen LogP contribution is 2.17. The highest BCUT2D eigenvalue weighted by molar-refractivity contribution is 7.10. The Bertz CT molecular complexity index is 586. The van der Waals surface area contributed by atoms with E-state index in [1.54, 1.807) is 11.3 Å². The largest absolute Gasteiger partial charge is 0.365 e. The first-order chi connectivity index (χ1) is 8.56. The third-order valence-corrected chi connectivity index (χ3v) is 3.73. The Morgan fingerprint density at radius 2 is 2.28 bits per heavy atom. The van der Waals surface area contributed by atoms with Crippen LogP contribution in [0.2, 0.25) is 0 Å². The van der Waals surface area contributed by atoms with Crippen molar-refractivity contribution in [1.82, 2.24) is 9.97 Å². The van der Waals surface area contributed by atoms with E-state index in [0.29, 0.717) is 18.2 Å². The number of thiophene rings is 1. The van der Waals surface area contributed by atoms with E-state index in [2.05, 4.69) is 33.7 Å². The van der Waals surface area contributed by atoms with Gasteiger partial charge < -0.3 is 10.3 Å². The van der Waals surface area contributed by atoms with Crippen molar-refractivity contribution in [2.24, 2.45) is 0 Å². The standard InChI is InChI=1S/C13H17N3OS/c1-8(2)13-15-11(6-12(17)16-13)14-7-10-9(3)4-5-18-10/h4-6,8H,7H2,1-3H3,(H2,14,15,16,17). The van der Waals surface area contributed by atoms with Crippen molar-refractivity contribution in [2.45, 2.75) is 33.2 Å². The number of H-pyrrole nitrogens is 1. The van der Waals surface area contributed by atoms with Gasteiger partial charge >= 0.3 is 0 Å². The highest BCUT2D eigenvalue weighted by Gasteiger charge is 2.06. The van der Waals surface area contributed by atoms with E-state index < -0.39 is 0 Å². The van der Waals surface area contributed by atoms with Crippen molar-refractivity contribution in [3.8, 4) is 0 Å². The molecule has 18 heavy (non-hydrogen) atoms. The van der Waals surface area contributed by atoms with Gasteiger partial charge in [-0.25, -0.2) is 4.98 Å². The Morgan fingerprint density at radius 3 is 2.89 bits per heavy atom. The summed E-state index contributed by atoms with van der Waals surface area (Å²) in [4.78, 5) is 19.9. The number of rotatable bonds is 4. The number of anilines is 1. The van der Waals surface area contributed by atoms with E-state index in [1.807, 2.05) is 13.8 Å². The SMILES string of the molecule is Cc1ccsc1CNc1cc(=O)[nH]c(C(C)C)n1. The molecule has 0 amide bonds. The van der Waals surface area contributed by atoms with Crippen LogP contribution in [0.5, 0.6) is 0 Å². The second kappa shape index (κ2) is 5.35. The van der Waals surface area contributed by atoms with Gasteiger partial charge in [0.15, 0.2) is 0 Å². The number of aryl methyl sites for hydroxylation is 1. The van der Waals surface area contributed by atoms with Crippen LogP contribution < -0.4 is 10.9 Å². The molecule has 0 unspecified atom stereocenters. The molecule has 2 heterocycles. The topological polar surface area (TPSA) is 57.8 Å². The summed E-state index contributed by atoms with van der Waals surface area (Å²) in [6, 6.07) is 3.58. The average molecular weight is 263 g/mol. The minimum Gasteiger partial charge on any atom is -0.365 e. The molecular weight excluding hydrogens is 246 g/mol. The number of nitrogens with one attached hydrogen (secondary N) is 2. The minimum absolute atomic E-state index is 0.112. The van der Waals surface area contributed by atoms with E-state index in [4.69, 9.17) is 0 Å². The molecule has 0 aromatic carbocycles. The molecule has 0 aliphatic carbocycles. The molecular formula is C13H17N3OS. The van der Waals surface area contributed by atoms with Gasteiger partial charge in [0, 0.05) is 16.9 Å². The third-order valence-electron chi connectivity index (χ3n) is 2.71. The maximum absolute atomic E-state index is 11.5. The van der Waals surface area contributed by atoms with Crippen molar-refractivity contribution in [1.29, 1.82) is 0 Å². The first-order valence-electron chi connectivity index (χ1n) is 5.94. The molecule has 0 atom stereocenters. The molecule has 2 rings (SSSR count). The zero-order valence-corrected chi connectivity index (χ0v) is 11.6. The first kappa shape index (κ1) is 12.8. The fourth-order valence-corrected chi connectivity index (χ4v) is 2.44. The third kappa shape index (κ3) is 2.98. The van der Waals surface area contributed by atoms with Gasteiger partial charge in [-0.15, -0.1) is 11.3 Å². The Balaban J connectivity index is 2.14. The Morgan fingerprint density at radius 1 is 1.50 bits per heavy atom. The van der Waals surface area contributed by atoms with Gasteiger partial charge in [-0.05, 0) is 23.9 Å². The number of hydrogen-bond donors (Lipinski definition) is 2. The number of aromatic nitrogens is 2. The normalized spacial score (nSPS) is 10.9. The zero-order valence-electron chi connectivity index (χ0n) is 10.8. The molecule has 0 saturated carbocycles. The predicted octanol–water partition coefficient (Wildman–Crippen LogP) is 2.88. The minimum atomic E-state index is -0.112. The van der Waals surface area contributed by atoms with Crippen molar-refractivity contribution in [3.05, 3.63) is 44.1 Å². The first-order valence-corrected chi connectivity index (χ1v) is 6.82. The second-order valence-corrected chi connectivity index (χ2v) is 5.55. The summed E-state index contributed by atoms with van der Waals surface area (Å²) >= 11 is 1.71. The number of hydrogen-bond acceptors (Lipinski definition) is 4. The molecule has 0 radical (unpaired) electrons. The lowest BCUT2D eigenvalue weighted by Gasteiger charge is -2.08. The Labute approximate surface area is 110 Å². The molecule has 2 aromatic heterocycles. The lowest BCUT2D eigenvalue weighted by molar-refractivity contribution is 0.767. The summed E-state index contributed by atoms with van der Waals surface area (Å²) in [5.74, 6) is 1.56. The summed E-state index contributed by atoms with van der Waals surface area (Å²) in [6.07, 6.45) is 0. The molecule has 5 heteroatoms. The van der Waals surface area contributed by atoms with Gasteiger partial charge in [-0.2, -0.15) is 0 Å². The van der Waals surface area contributed by atoms with E-state index in [0.717, 1.165) is 0 Å². The monoisotopic (exact) mass is 263 g/mol. The van der Waals surface area contributed by atoms with Crippen LogP contribution in [0, 0.1) is 6.92 Å². The van der Waals surface area contributed by atoms with E-state index >= 15 is 0 Å².